The van der Waals surface area contributed by atoms with Gasteiger partial charge in [-0.15, -0.1) is 5.10 Å². The molecule has 0 atom stereocenters. The summed E-state index contributed by atoms with van der Waals surface area (Å²) < 4.78 is 0. The molecule has 100 valence electrons. The molecule has 0 spiro atoms. The van der Waals surface area contributed by atoms with E-state index in [1.165, 1.54) is 0 Å². The van der Waals surface area contributed by atoms with Crippen LogP contribution in [0.2, 0.25) is 0 Å². The second-order valence-electron chi connectivity index (χ2n) is 4.14. The lowest BCUT2D eigenvalue weighted by molar-refractivity contribution is 0.0696. The van der Waals surface area contributed by atoms with Gasteiger partial charge in [-0.2, -0.15) is 5.10 Å². The molecule has 2 N–H and O–H groups in total. The first-order valence-electron chi connectivity index (χ1n) is 6.51. The molecule has 5 heteroatoms. The maximum Gasteiger partial charge on any atom is 0.339 e. The van der Waals surface area contributed by atoms with Gasteiger partial charge in [0.05, 0.1) is 5.69 Å². The predicted octanol–water partition coefficient (Wildman–Crippen LogP) is 2.51. The molecule has 0 aromatic carbocycles. The number of hydrogen-bond acceptors (Lipinski definition) is 4. The van der Waals surface area contributed by atoms with Crippen molar-refractivity contribution >= 4 is 11.8 Å². The molecule has 0 saturated heterocycles. The largest absolute Gasteiger partial charge is 0.478 e. The van der Waals surface area contributed by atoms with Gasteiger partial charge in [0.1, 0.15) is 5.56 Å². The lowest BCUT2D eigenvalue weighted by Gasteiger charge is -2.13. The molecular weight excluding hydrogens is 230 g/mol. The number of rotatable bonds is 7. The monoisotopic (exact) mass is 251 g/mol. The van der Waals surface area contributed by atoms with E-state index in [1.54, 1.807) is 0 Å². The van der Waals surface area contributed by atoms with Crippen molar-refractivity contribution in [3.05, 3.63) is 16.8 Å². The molecule has 1 heterocycles. The first kappa shape index (κ1) is 14.4. The highest BCUT2D eigenvalue weighted by molar-refractivity contribution is 5.95. The van der Waals surface area contributed by atoms with Crippen molar-refractivity contribution in [3.8, 4) is 0 Å². The fourth-order valence-electron chi connectivity index (χ4n) is 1.91. The number of nitrogens with one attached hydrogen (secondary N) is 1. The van der Waals surface area contributed by atoms with Gasteiger partial charge in [-0.25, -0.2) is 4.79 Å². The molecule has 18 heavy (non-hydrogen) atoms. The number of carboxylic acid groups (broad SMARTS) is 1. The van der Waals surface area contributed by atoms with Crippen LogP contribution in [0.15, 0.2) is 0 Å². The summed E-state index contributed by atoms with van der Waals surface area (Å²) in [5, 5.41) is 20.5. The number of carboxylic acids is 1. The summed E-state index contributed by atoms with van der Waals surface area (Å²) in [6, 6.07) is 0. The molecule has 1 aromatic rings. The van der Waals surface area contributed by atoms with Crippen LogP contribution >= 0.6 is 0 Å². The van der Waals surface area contributed by atoms with Crippen LogP contribution in [-0.2, 0) is 12.8 Å². The van der Waals surface area contributed by atoms with Gasteiger partial charge in [0.15, 0.2) is 5.82 Å². The predicted molar refractivity (Wildman–Crippen MR) is 71.1 cm³/mol. The van der Waals surface area contributed by atoms with E-state index in [1.807, 2.05) is 13.8 Å². The third kappa shape index (κ3) is 3.18. The lowest BCUT2D eigenvalue weighted by atomic mass is 10.0. The van der Waals surface area contributed by atoms with Crippen LogP contribution in [-0.4, -0.2) is 27.8 Å². The van der Waals surface area contributed by atoms with Crippen LogP contribution in [0.4, 0.5) is 5.82 Å². The number of aryl methyl sites for hydroxylation is 1. The maximum absolute atomic E-state index is 11.4. The molecule has 5 nitrogen and oxygen atoms in total. The van der Waals surface area contributed by atoms with Crippen LogP contribution < -0.4 is 5.32 Å². The van der Waals surface area contributed by atoms with Gasteiger partial charge < -0.3 is 10.4 Å². The van der Waals surface area contributed by atoms with E-state index >= 15 is 0 Å². The molecule has 0 aliphatic rings. The third-order valence-electron chi connectivity index (χ3n) is 2.88. The molecule has 0 fully saturated rings. The van der Waals surface area contributed by atoms with Gasteiger partial charge in [-0.3, -0.25) is 0 Å². The van der Waals surface area contributed by atoms with E-state index in [0.717, 1.165) is 30.6 Å². The Morgan fingerprint density at radius 3 is 2.44 bits per heavy atom. The fourth-order valence-corrected chi connectivity index (χ4v) is 1.91. The van der Waals surface area contributed by atoms with Crippen molar-refractivity contribution in [3.63, 3.8) is 0 Å². The molecular formula is C13H21N3O2. The quantitative estimate of drug-likeness (QED) is 0.728. The van der Waals surface area contributed by atoms with E-state index in [0.29, 0.717) is 18.7 Å². The van der Waals surface area contributed by atoms with Crippen LogP contribution in [0.25, 0.3) is 0 Å². The summed E-state index contributed by atoms with van der Waals surface area (Å²) in [6.45, 7) is 6.71. The van der Waals surface area contributed by atoms with E-state index in [9.17, 15) is 9.90 Å². The molecule has 0 amide bonds. The van der Waals surface area contributed by atoms with Crippen molar-refractivity contribution in [1.82, 2.24) is 10.2 Å². The Labute approximate surface area is 108 Å². The number of anilines is 1. The molecule has 0 saturated carbocycles. The molecule has 1 aromatic heterocycles. The van der Waals surface area contributed by atoms with Crippen molar-refractivity contribution in [2.75, 3.05) is 11.9 Å². The SMILES string of the molecule is CCCCNc1nnc(CC)c(CC)c1C(=O)O. The third-order valence-corrected chi connectivity index (χ3v) is 2.88. The number of aromatic carboxylic acids is 1. The molecule has 0 aliphatic heterocycles. The lowest BCUT2D eigenvalue weighted by Crippen LogP contribution is -2.15. The minimum atomic E-state index is -0.935. The van der Waals surface area contributed by atoms with Crippen molar-refractivity contribution in [1.29, 1.82) is 0 Å². The Hall–Kier alpha value is -1.65. The van der Waals surface area contributed by atoms with Crippen LogP contribution in [0.1, 0.15) is 55.2 Å². The topological polar surface area (TPSA) is 75.1 Å². The van der Waals surface area contributed by atoms with Crippen molar-refractivity contribution in [2.24, 2.45) is 0 Å². The van der Waals surface area contributed by atoms with Crippen LogP contribution in [0, 0.1) is 0 Å². The van der Waals surface area contributed by atoms with Gasteiger partial charge in [0.25, 0.3) is 0 Å². The summed E-state index contributed by atoms with van der Waals surface area (Å²) in [5.41, 5.74) is 1.84. The average Bonchev–Trinajstić information content (AvgIpc) is 2.37. The second-order valence-corrected chi connectivity index (χ2v) is 4.14. The van der Waals surface area contributed by atoms with Gasteiger partial charge in [-0.05, 0) is 24.8 Å². The molecule has 0 radical (unpaired) electrons. The number of nitrogens with zero attached hydrogens (tertiary/aromatic N) is 2. The highest BCUT2D eigenvalue weighted by Gasteiger charge is 2.19. The molecule has 0 aliphatic carbocycles. The van der Waals surface area contributed by atoms with Gasteiger partial charge >= 0.3 is 5.97 Å². The Morgan fingerprint density at radius 2 is 1.94 bits per heavy atom. The van der Waals surface area contributed by atoms with E-state index in [-0.39, 0.29) is 5.56 Å². The summed E-state index contributed by atoms with van der Waals surface area (Å²) in [4.78, 5) is 11.4. The van der Waals surface area contributed by atoms with Gasteiger partial charge in [0.2, 0.25) is 0 Å². The molecule has 1 rings (SSSR count). The first-order valence-corrected chi connectivity index (χ1v) is 6.51. The second kappa shape index (κ2) is 6.93. The van der Waals surface area contributed by atoms with Crippen molar-refractivity contribution in [2.45, 2.75) is 46.5 Å². The van der Waals surface area contributed by atoms with Crippen molar-refractivity contribution < 1.29 is 9.90 Å². The number of aromatic nitrogens is 2. The summed E-state index contributed by atoms with van der Waals surface area (Å²) in [6.07, 6.45) is 3.39. The summed E-state index contributed by atoms with van der Waals surface area (Å²) in [7, 11) is 0. The Morgan fingerprint density at radius 1 is 1.22 bits per heavy atom. The average molecular weight is 251 g/mol. The normalized spacial score (nSPS) is 10.4. The van der Waals surface area contributed by atoms with E-state index in [2.05, 4.69) is 22.4 Å². The van der Waals surface area contributed by atoms with Gasteiger partial charge in [-0.1, -0.05) is 27.2 Å². The zero-order valence-corrected chi connectivity index (χ0v) is 11.3. The minimum Gasteiger partial charge on any atom is -0.478 e. The summed E-state index contributed by atoms with van der Waals surface area (Å²) in [5.74, 6) is -0.541. The first-order chi connectivity index (χ1) is 8.65. The zero-order chi connectivity index (χ0) is 13.5. The van der Waals surface area contributed by atoms with Crippen LogP contribution in [0.5, 0.6) is 0 Å². The highest BCUT2D eigenvalue weighted by atomic mass is 16.4. The Kier molecular flexibility index (Phi) is 5.55. The Balaban J connectivity index is 3.13. The minimum absolute atomic E-state index is 0.278. The van der Waals surface area contributed by atoms with E-state index < -0.39 is 5.97 Å². The van der Waals surface area contributed by atoms with Gasteiger partial charge in [0, 0.05) is 6.54 Å². The number of hydrogen-bond donors (Lipinski definition) is 2. The highest BCUT2D eigenvalue weighted by Crippen LogP contribution is 2.20. The zero-order valence-electron chi connectivity index (χ0n) is 11.3. The maximum atomic E-state index is 11.4. The number of carbonyl (C=O) groups is 1. The number of unbranched alkanes of at least 4 members (excludes halogenated alkanes) is 1. The fraction of sp³-hybridized carbons (Fsp3) is 0.615. The standard InChI is InChI=1S/C13H21N3O2/c1-4-7-8-14-12-11(13(17)18)9(5-2)10(6-3)15-16-12/h4-8H2,1-3H3,(H,14,16)(H,17,18). The van der Waals surface area contributed by atoms with Crippen LogP contribution in [0.3, 0.4) is 0 Å². The Bertz CT molecular complexity index is 419. The van der Waals surface area contributed by atoms with E-state index in [4.69, 9.17) is 0 Å². The summed E-state index contributed by atoms with van der Waals surface area (Å²) >= 11 is 0. The molecule has 0 bridgehead atoms. The smallest absolute Gasteiger partial charge is 0.339 e. The molecule has 0 unspecified atom stereocenters.